The number of halogens is 1. The Morgan fingerprint density at radius 3 is 1.65 bits per heavy atom. The third kappa shape index (κ3) is 2.28. The van der Waals surface area contributed by atoms with E-state index in [9.17, 15) is 0 Å². The molecule has 5 rings (SSSR count). The predicted octanol–water partition coefficient (Wildman–Crippen LogP) is 2.73. The molecular formula is C21H19ClZr. The first kappa shape index (κ1) is 15.6. The first-order valence-corrected chi connectivity index (χ1v) is 13.5. The van der Waals surface area contributed by atoms with E-state index in [-0.39, 0.29) is 12.4 Å². The molecule has 2 aromatic rings. The van der Waals surface area contributed by atoms with Gasteiger partial charge in [0.2, 0.25) is 0 Å². The van der Waals surface area contributed by atoms with Gasteiger partial charge in [-0.1, -0.05) is 0 Å². The molecule has 0 N–H and O–H groups in total. The molecule has 1 heterocycles. The third-order valence-corrected chi connectivity index (χ3v) is 13.5. The van der Waals surface area contributed by atoms with Crippen LogP contribution in [0.3, 0.4) is 0 Å². The molecule has 0 saturated carbocycles. The minimum Gasteiger partial charge on any atom is -1.00 e. The summed E-state index contributed by atoms with van der Waals surface area (Å²) in [5, 5.41) is 0. The third-order valence-electron chi connectivity index (χ3n) is 5.65. The number of allylic oxidation sites excluding steroid dienone is 2. The van der Waals surface area contributed by atoms with Crippen molar-refractivity contribution in [2.24, 2.45) is 0 Å². The SMILES string of the molecule is [CH3][Zr+]1[CH]2C(=Cc3ccccc32)CCC2=Cc3ccccc3[CH]21.[Cl-]. The Bertz CT molecular complexity index is 764. The molecule has 0 aromatic heterocycles. The van der Waals surface area contributed by atoms with E-state index in [0.717, 1.165) is 7.25 Å². The van der Waals surface area contributed by atoms with Gasteiger partial charge in [0.1, 0.15) is 0 Å². The van der Waals surface area contributed by atoms with E-state index in [1.54, 1.807) is 22.3 Å². The summed E-state index contributed by atoms with van der Waals surface area (Å²) in [6.45, 7) is 0. The van der Waals surface area contributed by atoms with Gasteiger partial charge in [0.15, 0.2) is 0 Å². The molecule has 2 atom stereocenters. The Balaban J connectivity index is 0.00000135. The summed E-state index contributed by atoms with van der Waals surface area (Å²) in [4.78, 5) is 0. The van der Waals surface area contributed by atoms with E-state index in [2.05, 4.69) is 65.3 Å². The largest absolute Gasteiger partial charge is 1.00 e. The van der Waals surface area contributed by atoms with Crippen molar-refractivity contribution in [1.29, 1.82) is 0 Å². The summed E-state index contributed by atoms with van der Waals surface area (Å²) in [6, 6.07) is 18.3. The Morgan fingerprint density at radius 1 is 0.739 bits per heavy atom. The molecule has 1 fully saturated rings. The van der Waals surface area contributed by atoms with Crippen molar-refractivity contribution >= 4 is 12.2 Å². The standard InChI is InChI=1S/C20H16.CH3.ClH.Zr/c1-2-6-18-12-15(11-17(18)5-1)9-10-16-13-19-7-3-4-8-20(19)14-16;;;/h1-8,11-14H,9-10H2;1H3;1H;/q;;;+1/p-1. The van der Waals surface area contributed by atoms with Crippen LogP contribution in [-0.4, -0.2) is 0 Å². The average Bonchev–Trinajstić information content (AvgIpc) is 3.06. The Labute approximate surface area is 152 Å². The summed E-state index contributed by atoms with van der Waals surface area (Å²) >= 11 is -1.64. The van der Waals surface area contributed by atoms with Crippen molar-refractivity contribution in [3.8, 4) is 0 Å². The van der Waals surface area contributed by atoms with E-state index < -0.39 is 21.8 Å². The van der Waals surface area contributed by atoms with Crippen LogP contribution in [0, 0.1) is 0 Å². The molecule has 2 heteroatoms. The zero-order chi connectivity index (χ0) is 14.7. The van der Waals surface area contributed by atoms with Crippen LogP contribution in [0.4, 0.5) is 0 Å². The number of rotatable bonds is 0. The van der Waals surface area contributed by atoms with Crippen molar-refractivity contribution in [3.63, 3.8) is 0 Å². The maximum Gasteiger partial charge on any atom is -1.00 e. The molecule has 114 valence electrons. The van der Waals surface area contributed by atoms with Crippen molar-refractivity contribution < 1.29 is 34.2 Å². The van der Waals surface area contributed by atoms with Gasteiger partial charge in [-0.2, -0.15) is 0 Å². The Hall–Kier alpha value is -0.907. The van der Waals surface area contributed by atoms with E-state index in [1.165, 1.54) is 24.0 Å². The summed E-state index contributed by atoms with van der Waals surface area (Å²) < 4.78 is 4.27. The minimum atomic E-state index is -1.64. The summed E-state index contributed by atoms with van der Waals surface area (Å²) in [5.41, 5.74) is 9.76. The predicted molar refractivity (Wildman–Crippen MR) is 89.4 cm³/mol. The van der Waals surface area contributed by atoms with Crippen molar-refractivity contribution in [3.05, 3.63) is 81.9 Å². The molecule has 0 bridgehead atoms. The minimum absolute atomic E-state index is 0. The molecule has 0 spiro atoms. The quantitative estimate of drug-likeness (QED) is 0.641. The van der Waals surface area contributed by atoms with Crippen LogP contribution in [0.25, 0.3) is 12.2 Å². The van der Waals surface area contributed by atoms with Crippen LogP contribution >= 0.6 is 0 Å². The number of hydrogen-bond donors (Lipinski definition) is 0. The maximum atomic E-state index is 2.66. The fourth-order valence-electron chi connectivity index (χ4n) is 4.74. The van der Waals surface area contributed by atoms with Crippen LogP contribution in [0.2, 0.25) is 4.63 Å². The summed E-state index contributed by atoms with van der Waals surface area (Å²) in [6.07, 6.45) is 7.57. The fourth-order valence-corrected chi connectivity index (χ4v) is 13.3. The van der Waals surface area contributed by atoms with Gasteiger partial charge in [0, 0.05) is 0 Å². The van der Waals surface area contributed by atoms with Gasteiger partial charge in [-0.15, -0.1) is 0 Å². The van der Waals surface area contributed by atoms with Crippen LogP contribution in [0.1, 0.15) is 42.3 Å². The van der Waals surface area contributed by atoms with Crippen molar-refractivity contribution in [2.75, 3.05) is 0 Å². The zero-order valence-corrected chi connectivity index (χ0v) is 16.4. The molecule has 3 aliphatic rings. The van der Waals surface area contributed by atoms with Crippen LogP contribution < -0.4 is 12.4 Å². The molecule has 0 radical (unpaired) electrons. The molecule has 0 amide bonds. The van der Waals surface area contributed by atoms with E-state index in [1.807, 2.05) is 0 Å². The topological polar surface area (TPSA) is 0 Å². The normalized spacial score (nSPS) is 23.6. The molecule has 2 aromatic carbocycles. The molecular weight excluding hydrogens is 379 g/mol. The Kier molecular flexibility index (Phi) is 3.98. The van der Waals surface area contributed by atoms with Crippen LogP contribution in [-0.2, 0) is 21.8 Å². The smallest absolute Gasteiger partial charge is 1.00 e. The number of benzene rings is 2. The van der Waals surface area contributed by atoms with E-state index in [4.69, 9.17) is 0 Å². The first-order valence-electron chi connectivity index (χ1n) is 8.25. The van der Waals surface area contributed by atoms with Gasteiger partial charge in [-0.3, -0.25) is 0 Å². The number of fused-ring (bicyclic) bond motifs is 6. The van der Waals surface area contributed by atoms with Gasteiger partial charge in [-0.05, 0) is 0 Å². The molecule has 23 heavy (non-hydrogen) atoms. The fraction of sp³-hybridized carbons (Fsp3) is 0.238. The second-order valence-electron chi connectivity index (χ2n) is 6.81. The number of hydrogen-bond acceptors (Lipinski definition) is 0. The van der Waals surface area contributed by atoms with Crippen LogP contribution in [0.15, 0.2) is 59.7 Å². The summed E-state index contributed by atoms with van der Waals surface area (Å²) in [7, 11) is 0. The van der Waals surface area contributed by atoms with Gasteiger partial charge in [0.05, 0.1) is 0 Å². The van der Waals surface area contributed by atoms with Gasteiger partial charge in [-0.25, -0.2) is 0 Å². The molecule has 1 aliphatic heterocycles. The molecule has 2 aliphatic carbocycles. The van der Waals surface area contributed by atoms with Gasteiger partial charge in [0.25, 0.3) is 0 Å². The van der Waals surface area contributed by atoms with E-state index in [0.29, 0.717) is 0 Å². The second kappa shape index (κ2) is 5.87. The second-order valence-corrected chi connectivity index (χ2v) is 13.3. The first-order chi connectivity index (χ1) is 10.8. The van der Waals surface area contributed by atoms with Crippen molar-refractivity contribution in [1.82, 2.24) is 0 Å². The summed E-state index contributed by atoms with van der Waals surface area (Å²) in [5.74, 6) is 0. The van der Waals surface area contributed by atoms with Gasteiger partial charge >= 0.3 is 141 Å². The van der Waals surface area contributed by atoms with Crippen molar-refractivity contribution in [2.45, 2.75) is 24.7 Å². The molecule has 2 unspecified atom stereocenters. The Morgan fingerprint density at radius 2 is 1.17 bits per heavy atom. The molecule has 1 saturated heterocycles. The van der Waals surface area contributed by atoms with Crippen LogP contribution in [0.5, 0.6) is 0 Å². The monoisotopic (exact) mass is 396 g/mol. The maximum absolute atomic E-state index is 2.66. The zero-order valence-electron chi connectivity index (χ0n) is 13.2. The molecule has 0 nitrogen and oxygen atoms in total. The van der Waals surface area contributed by atoms with Gasteiger partial charge < -0.3 is 12.4 Å². The average molecular weight is 398 g/mol. The van der Waals surface area contributed by atoms with E-state index >= 15 is 0 Å².